The highest BCUT2D eigenvalue weighted by Crippen LogP contribution is 2.25. The molecule has 0 radical (unpaired) electrons. The molecule has 0 unspecified atom stereocenters. The second-order valence-corrected chi connectivity index (χ2v) is 6.00. The van der Waals surface area contributed by atoms with Crippen LogP contribution in [0.3, 0.4) is 0 Å². The Labute approximate surface area is 127 Å². The zero-order valence-electron chi connectivity index (χ0n) is 13.1. The molecule has 1 amide bonds. The summed E-state index contributed by atoms with van der Waals surface area (Å²) in [5.41, 5.74) is 3.13. The SMILES string of the molecule is Cc1ccc(C)c(NC(=O)CN(CCCO)C2CCC2)c1. The molecular formula is C17H26N2O2. The summed E-state index contributed by atoms with van der Waals surface area (Å²) >= 11 is 0. The van der Waals surface area contributed by atoms with Gasteiger partial charge < -0.3 is 10.4 Å². The van der Waals surface area contributed by atoms with E-state index in [1.165, 1.54) is 19.3 Å². The third-order valence-corrected chi connectivity index (χ3v) is 4.21. The van der Waals surface area contributed by atoms with E-state index in [1.54, 1.807) is 0 Å². The molecule has 0 spiro atoms. The van der Waals surface area contributed by atoms with Gasteiger partial charge in [-0.25, -0.2) is 0 Å². The Bertz CT molecular complexity index is 484. The van der Waals surface area contributed by atoms with Gasteiger partial charge in [0.1, 0.15) is 0 Å². The lowest BCUT2D eigenvalue weighted by Gasteiger charge is -2.37. The fourth-order valence-electron chi connectivity index (χ4n) is 2.66. The molecule has 1 aliphatic rings. The zero-order valence-corrected chi connectivity index (χ0v) is 13.1. The van der Waals surface area contributed by atoms with E-state index in [2.05, 4.69) is 10.2 Å². The van der Waals surface area contributed by atoms with Crippen LogP contribution >= 0.6 is 0 Å². The lowest BCUT2D eigenvalue weighted by molar-refractivity contribution is -0.118. The summed E-state index contributed by atoms with van der Waals surface area (Å²) < 4.78 is 0. The summed E-state index contributed by atoms with van der Waals surface area (Å²) in [6.45, 7) is 5.42. The van der Waals surface area contributed by atoms with Gasteiger partial charge >= 0.3 is 0 Å². The molecule has 1 aliphatic carbocycles. The van der Waals surface area contributed by atoms with Crippen LogP contribution < -0.4 is 5.32 Å². The minimum absolute atomic E-state index is 0.0357. The molecule has 21 heavy (non-hydrogen) atoms. The van der Waals surface area contributed by atoms with Crippen LogP contribution in [-0.4, -0.2) is 41.7 Å². The molecule has 0 aromatic heterocycles. The fourth-order valence-corrected chi connectivity index (χ4v) is 2.66. The molecule has 1 saturated carbocycles. The van der Waals surface area contributed by atoms with E-state index in [0.717, 1.165) is 29.8 Å². The van der Waals surface area contributed by atoms with Gasteiger partial charge in [0.15, 0.2) is 0 Å². The van der Waals surface area contributed by atoms with E-state index >= 15 is 0 Å². The minimum Gasteiger partial charge on any atom is -0.396 e. The minimum atomic E-state index is 0.0357. The topological polar surface area (TPSA) is 52.6 Å². The quantitative estimate of drug-likeness (QED) is 0.811. The largest absolute Gasteiger partial charge is 0.396 e. The van der Waals surface area contributed by atoms with Crippen LogP contribution in [0.5, 0.6) is 0 Å². The fraction of sp³-hybridized carbons (Fsp3) is 0.588. The van der Waals surface area contributed by atoms with E-state index in [0.29, 0.717) is 12.6 Å². The van der Waals surface area contributed by atoms with Gasteiger partial charge in [-0.05, 0) is 50.3 Å². The number of carbonyl (C=O) groups excluding carboxylic acids is 1. The maximum absolute atomic E-state index is 12.3. The number of aliphatic hydroxyl groups excluding tert-OH is 1. The molecule has 0 bridgehead atoms. The Kier molecular flexibility index (Phi) is 5.76. The van der Waals surface area contributed by atoms with E-state index in [-0.39, 0.29) is 12.5 Å². The van der Waals surface area contributed by atoms with Crippen molar-refractivity contribution >= 4 is 11.6 Å². The van der Waals surface area contributed by atoms with Gasteiger partial charge in [-0.3, -0.25) is 9.69 Å². The van der Waals surface area contributed by atoms with Crippen LogP contribution in [-0.2, 0) is 4.79 Å². The summed E-state index contributed by atoms with van der Waals surface area (Å²) in [4.78, 5) is 14.5. The van der Waals surface area contributed by atoms with Crippen molar-refractivity contribution in [2.75, 3.05) is 25.0 Å². The Morgan fingerprint density at radius 3 is 2.76 bits per heavy atom. The lowest BCUT2D eigenvalue weighted by Crippen LogP contribution is -2.45. The third-order valence-electron chi connectivity index (χ3n) is 4.21. The second kappa shape index (κ2) is 7.57. The summed E-state index contributed by atoms with van der Waals surface area (Å²) in [7, 11) is 0. The van der Waals surface area contributed by atoms with E-state index in [4.69, 9.17) is 5.11 Å². The van der Waals surface area contributed by atoms with Gasteiger partial charge in [0.25, 0.3) is 0 Å². The molecule has 1 aromatic carbocycles. The summed E-state index contributed by atoms with van der Waals surface area (Å²) in [6, 6.07) is 6.60. The van der Waals surface area contributed by atoms with Crippen molar-refractivity contribution in [1.29, 1.82) is 0 Å². The predicted molar refractivity (Wildman–Crippen MR) is 85.5 cm³/mol. The second-order valence-electron chi connectivity index (χ2n) is 6.00. The molecule has 0 atom stereocenters. The van der Waals surface area contributed by atoms with Crippen LogP contribution in [0, 0.1) is 13.8 Å². The van der Waals surface area contributed by atoms with E-state index < -0.39 is 0 Å². The highest BCUT2D eigenvalue weighted by atomic mass is 16.3. The predicted octanol–water partition coefficient (Wildman–Crippen LogP) is 2.48. The summed E-state index contributed by atoms with van der Waals surface area (Å²) in [5, 5.41) is 12.0. The van der Waals surface area contributed by atoms with Gasteiger partial charge in [-0.15, -0.1) is 0 Å². The van der Waals surface area contributed by atoms with Crippen LogP contribution in [0.4, 0.5) is 5.69 Å². The maximum Gasteiger partial charge on any atom is 0.238 e. The number of amides is 1. The molecule has 0 heterocycles. The number of nitrogens with one attached hydrogen (secondary N) is 1. The van der Waals surface area contributed by atoms with E-state index in [1.807, 2.05) is 32.0 Å². The summed E-state index contributed by atoms with van der Waals surface area (Å²) in [5.74, 6) is 0.0357. The molecule has 1 fully saturated rings. The number of carbonyl (C=O) groups is 1. The molecule has 0 aliphatic heterocycles. The number of anilines is 1. The Morgan fingerprint density at radius 1 is 1.38 bits per heavy atom. The van der Waals surface area contributed by atoms with Crippen molar-refractivity contribution in [3.63, 3.8) is 0 Å². The first kappa shape index (κ1) is 16.0. The first-order chi connectivity index (χ1) is 10.1. The molecular weight excluding hydrogens is 264 g/mol. The standard InChI is InChI=1S/C17H26N2O2/c1-13-7-8-14(2)16(11-13)18-17(21)12-19(9-4-10-20)15-5-3-6-15/h7-8,11,15,20H,3-6,9-10,12H2,1-2H3,(H,18,21). The highest BCUT2D eigenvalue weighted by Gasteiger charge is 2.26. The highest BCUT2D eigenvalue weighted by molar-refractivity contribution is 5.93. The molecule has 4 heteroatoms. The van der Waals surface area contributed by atoms with E-state index in [9.17, 15) is 4.79 Å². The average Bonchev–Trinajstić information content (AvgIpc) is 2.38. The monoisotopic (exact) mass is 290 g/mol. The maximum atomic E-state index is 12.3. The number of rotatable bonds is 7. The van der Waals surface area contributed by atoms with Gasteiger partial charge in [-0.1, -0.05) is 18.6 Å². The molecule has 1 aromatic rings. The lowest BCUT2D eigenvalue weighted by atomic mass is 9.91. The van der Waals surface area contributed by atoms with Crippen LogP contribution in [0.2, 0.25) is 0 Å². The van der Waals surface area contributed by atoms with Crippen LogP contribution in [0.25, 0.3) is 0 Å². The number of aliphatic hydroxyl groups is 1. The number of nitrogens with zero attached hydrogens (tertiary/aromatic N) is 1. The number of hydrogen-bond donors (Lipinski definition) is 2. The van der Waals surface area contributed by atoms with Crippen molar-refractivity contribution in [3.05, 3.63) is 29.3 Å². The Hall–Kier alpha value is -1.39. The molecule has 0 saturated heterocycles. The average molecular weight is 290 g/mol. The summed E-state index contributed by atoms with van der Waals surface area (Å²) in [6.07, 6.45) is 4.32. The van der Waals surface area contributed by atoms with Crippen molar-refractivity contribution in [2.24, 2.45) is 0 Å². The zero-order chi connectivity index (χ0) is 15.2. The van der Waals surface area contributed by atoms with Gasteiger partial charge in [0.05, 0.1) is 6.54 Å². The number of aryl methyl sites for hydroxylation is 2. The van der Waals surface area contributed by atoms with Gasteiger partial charge in [0, 0.05) is 24.9 Å². The Balaban J connectivity index is 1.93. The smallest absolute Gasteiger partial charge is 0.238 e. The first-order valence-corrected chi connectivity index (χ1v) is 7.82. The molecule has 2 rings (SSSR count). The third kappa shape index (κ3) is 4.55. The van der Waals surface area contributed by atoms with Crippen LogP contribution in [0.1, 0.15) is 36.8 Å². The molecule has 2 N–H and O–H groups in total. The van der Waals surface area contributed by atoms with Crippen LogP contribution in [0.15, 0.2) is 18.2 Å². The van der Waals surface area contributed by atoms with Gasteiger partial charge in [0.2, 0.25) is 5.91 Å². The normalized spacial score (nSPS) is 15.0. The van der Waals surface area contributed by atoms with Gasteiger partial charge in [-0.2, -0.15) is 0 Å². The van der Waals surface area contributed by atoms with Crippen molar-refractivity contribution in [3.8, 4) is 0 Å². The van der Waals surface area contributed by atoms with Crippen molar-refractivity contribution in [1.82, 2.24) is 4.90 Å². The first-order valence-electron chi connectivity index (χ1n) is 7.82. The van der Waals surface area contributed by atoms with Crippen molar-refractivity contribution < 1.29 is 9.90 Å². The Morgan fingerprint density at radius 2 is 2.14 bits per heavy atom. The molecule has 4 nitrogen and oxygen atoms in total. The van der Waals surface area contributed by atoms with Crippen molar-refractivity contribution in [2.45, 2.75) is 45.6 Å². The number of benzene rings is 1. The number of hydrogen-bond acceptors (Lipinski definition) is 3. The molecule has 116 valence electrons.